The van der Waals surface area contributed by atoms with E-state index in [0.29, 0.717) is 0 Å². The van der Waals surface area contributed by atoms with Crippen molar-refractivity contribution in [1.82, 2.24) is 4.98 Å². The molecule has 0 fully saturated rings. The van der Waals surface area contributed by atoms with Crippen molar-refractivity contribution in [2.45, 2.75) is 13.0 Å². The van der Waals surface area contributed by atoms with Crippen molar-refractivity contribution in [2.75, 3.05) is 14.2 Å². The van der Waals surface area contributed by atoms with E-state index in [2.05, 4.69) is 9.72 Å². The maximum absolute atomic E-state index is 12.8. The number of esters is 1. The summed E-state index contributed by atoms with van der Waals surface area (Å²) in [5, 5.41) is 0. The molecular weight excluding hydrogens is 234 g/mol. The summed E-state index contributed by atoms with van der Waals surface area (Å²) >= 11 is 0. The highest BCUT2D eigenvalue weighted by Crippen LogP contribution is 2.32. The zero-order valence-corrected chi connectivity index (χ0v) is 9.37. The van der Waals surface area contributed by atoms with Crippen LogP contribution < -0.4 is 10.5 Å². The van der Waals surface area contributed by atoms with Crippen molar-refractivity contribution in [3.05, 3.63) is 23.0 Å². The van der Waals surface area contributed by atoms with Crippen LogP contribution in [0.2, 0.25) is 0 Å². The van der Waals surface area contributed by atoms with E-state index in [9.17, 15) is 13.6 Å². The van der Waals surface area contributed by atoms with E-state index in [1.54, 1.807) is 0 Å². The molecule has 94 valence electrons. The third kappa shape index (κ3) is 2.68. The Morgan fingerprint density at radius 2 is 2.18 bits per heavy atom. The molecule has 0 aliphatic heterocycles. The lowest BCUT2D eigenvalue weighted by Gasteiger charge is -2.12. The molecule has 0 aliphatic carbocycles. The van der Waals surface area contributed by atoms with E-state index in [-0.39, 0.29) is 18.0 Å². The summed E-state index contributed by atoms with van der Waals surface area (Å²) in [7, 11) is 2.31. The van der Waals surface area contributed by atoms with Gasteiger partial charge in [-0.2, -0.15) is 0 Å². The zero-order valence-electron chi connectivity index (χ0n) is 9.37. The minimum Gasteiger partial charge on any atom is -0.496 e. The SMILES string of the molecule is COC(=O)c1nc(CN)cc(OC)c1C(F)F. The number of halogens is 2. The van der Waals surface area contributed by atoms with Gasteiger partial charge in [-0.25, -0.2) is 18.6 Å². The van der Waals surface area contributed by atoms with Crippen molar-refractivity contribution in [2.24, 2.45) is 5.73 Å². The normalized spacial score (nSPS) is 10.5. The third-order valence-electron chi connectivity index (χ3n) is 2.10. The number of nitrogens with zero attached hydrogens (tertiary/aromatic N) is 1. The molecule has 0 radical (unpaired) electrons. The average Bonchev–Trinajstić information content (AvgIpc) is 2.35. The van der Waals surface area contributed by atoms with Crippen molar-refractivity contribution in [3.8, 4) is 5.75 Å². The molecule has 0 saturated carbocycles. The van der Waals surface area contributed by atoms with Gasteiger partial charge in [0.25, 0.3) is 6.43 Å². The van der Waals surface area contributed by atoms with Gasteiger partial charge in [-0.15, -0.1) is 0 Å². The summed E-state index contributed by atoms with van der Waals surface area (Å²) < 4.78 is 34.9. The Bertz CT molecular complexity index is 424. The molecule has 0 bridgehead atoms. The molecule has 0 aliphatic rings. The first-order chi connectivity index (χ1) is 8.04. The highest BCUT2D eigenvalue weighted by molar-refractivity contribution is 5.89. The number of alkyl halides is 2. The minimum absolute atomic E-state index is 0.00384. The number of pyridine rings is 1. The number of ether oxygens (including phenoxy) is 2. The number of hydrogen-bond donors (Lipinski definition) is 1. The van der Waals surface area contributed by atoms with Gasteiger partial charge in [0.15, 0.2) is 5.69 Å². The monoisotopic (exact) mass is 246 g/mol. The van der Waals surface area contributed by atoms with Gasteiger partial charge in [0.05, 0.1) is 25.5 Å². The van der Waals surface area contributed by atoms with Crippen molar-refractivity contribution >= 4 is 5.97 Å². The van der Waals surface area contributed by atoms with E-state index < -0.39 is 23.7 Å². The second kappa shape index (κ2) is 5.53. The first-order valence-corrected chi connectivity index (χ1v) is 4.69. The fourth-order valence-corrected chi connectivity index (χ4v) is 1.32. The van der Waals surface area contributed by atoms with Crippen LogP contribution in [0.5, 0.6) is 5.75 Å². The fraction of sp³-hybridized carbons (Fsp3) is 0.400. The van der Waals surface area contributed by atoms with Crippen LogP contribution in [0.4, 0.5) is 8.78 Å². The molecule has 0 aromatic carbocycles. The Hall–Kier alpha value is -1.76. The molecular formula is C10H12F2N2O3. The quantitative estimate of drug-likeness (QED) is 0.810. The molecule has 0 amide bonds. The number of carbonyl (C=O) groups excluding carboxylic acids is 1. The van der Waals surface area contributed by atoms with E-state index in [0.717, 1.165) is 7.11 Å². The second-order valence-electron chi connectivity index (χ2n) is 3.07. The lowest BCUT2D eigenvalue weighted by atomic mass is 10.1. The van der Waals surface area contributed by atoms with Crippen LogP contribution in [0.15, 0.2) is 6.07 Å². The lowest BCUT2D eigenvalue weighted by Crippen LogP contribution is -2.13. The van der Waals surface area contributed by atoms with E-state index in [1.807, 2.05) is 0 Å². The maximum Gasteiger partial charge on any atom is 0.357 e. The van der Waals surface area contributed by atoms with Gasteiger partial charge in [0.1, 0.15) is 5.75 Å². The predicted molar refractivity (Wildman–Crippen MR) is 55.0 cm³/mol. The van der Waals surface area contributed by atoms with Gasteiger partial charge >= 0.3 is 5.97 Å². The number of methoxy groups -OCH3 is 2. The first kappa shape index (κ1) is 13.3. The molecule has 5 nitrogen and oxygen atoms in total. The summed E-state index contributed by atoms with van der Waals surface area (Å²) in [6.07, 6.45) is -2.89. The summed E-state index contributed by atoms with van der Waals surface area (Å²) in [6, 6.07) is 1.27. The maximum atomic E-state index is 12.8. The predicted octanol–water partition coefficient (Wildman–Crippen LogP) is 1.27. The molecule has 0 spiro atoms. The standard InChI is InChI=1S/C10H12F2N2O3/c1-16-6-3-5(4-13)14-8(10(15)17-2)7(6)9(11)12/h3,9H,4,13H2,1-2H3. The molecule has 1 heterocycles. The van der Waals surface area contributed by atoms with Gasteiger partial charge in [0, 0.05) is 12.6 Å². The molecule has 0 saturated heterocycles. The number of carbonyl (C=O) groups is 1. The van der Waals surface area contributed by atoms with Crippen LogP contribution in [0.3, 0.4) is 0 Å². The van der Waals surface area contributed by atoms with E-state index >= 15 is 0 Å². The summed E-state index contributed by atoms with van der Waals surface area (Å²) in [6.45, 7) is 0.00384. The van der Waals surface area contributed by atoms with Crippen LogP contribution in [0.1, 0.15) is 28.2 Å². The van der Waals surface area contributed by atoms with Gasteiger partial charge in [-0.3, -0.25) is 0 Å². The Labute approximate surface area is 96.5 Å². The molecule has 1 aromatic rings. The zero-order chi connectivity index (χ0) is 13.0. The molecule has 1 rings (SSSR count). The lowest BCUT2D eigenvalue weighted by molar-refractivity contribution is 0.0579. The van der Waals surface area contributed by atoms with Crippen LogP contribution >= 0.6 is 0 Å². The number of rotatable bonds is 4. The summed E-state index contributed by atoms with van der Waals surface area (Å²) in [4.78, 5) is 15.1. The number of hydrogen-bond acceptors (Lipinski definition) is 5. The Morgan fingerprint density at radius 1 is 1.53 bits per heavy atom. The van der Waals surface area contributed by atoms with Gasteiger partial charge in [0.2, 0.25) is 0 Å². The van der Waals surface area contributed by atoms with Crippen LogP contribution in [-0.2, 0) is 11.3 Å². The molecule has 0 atom stereocenters. The van der Waals surface area contributed by atoms with Gasteiger partial charge in [-0.05, 0) is 0 Å². The van der Waals surface area contributed by atoms with Gasteiger partial charge < -0.3 is 15.2 Å². The molecule has 1 aromatic heterocycles. The average molecular weight is 246 g/mol. The van der Waals surface area contributed by atoms with Crippen LogP contribution in [0.25, 0.3) is 0 Å². The smallest absolute Gasteiger partial charge is 0.357 e. The highest BCUT2D eigenvalue weighted by atomic mass is 19.3. The van der Waals surface area contributed by atoms with Crippen molar-refractivity contribution in [1.29, 1.82) is 0 Å². The summed E-state index contributed by atoms with van der Waals surface area (Å²) in [5.41, 5.74) is 4.57. The van der Waals surface area contributed by atoms with Crippen molar-refractivity contribution in [3.63, 3.8) is 0 Å². The Morgan fingerprint density at radius 3 is 2.59 bits per heavy atom. The van der Waals surface area contributed by atoms with E-state index in [4.69, 9.17) is 10.5 Å². The largest absolute Gasteiger partial charge is 0.496 e. The summed E-state index contributed by atoms with van der Waals surface area (Å²) in [5.74, 6) is -1.08. The van der Waals surface area contributed by atoms with Crippen LogP contribution in [0, 0.1) is 0 Å². The first-order valence-electron chi connectivity index (χ1n) is 4.69. The molecule has 0 unspecified atom stereocenters. The Kier molecular flexibility index (Phi) is 4.33. The van der Waals surface area contributed by atoms with Crippen molar-refractivity contribution < 1.29 is 23.0 Å². The highest BCUT2D eigenvalue weighted by Gasteiger charge is 2.26. The third-order valence-corrected chi connectivity index (χ3v) is 2.10. The molecule has 7 heteroatoms. The van der Waals surface area contributed by atoms with Crippen LogP contribution in [-0.4, -0.2) is 25.2 Å². The topological polar surface area (TPSA) is 74.4 Å². The second-order valence-corrected chi connectivity index (χ2v) is 3.07. The molecule has 2 N–H and O–H groups in total. The fourth-order valence-electron chi connectivity index (χ4n) is 1.32. The number of aromatic nitrogens is 1. The Balaban J connectivity index is 3.46. The minimum atomic E-state index is -2.89. The van der Waals surface area contributed by atoms with Gasteiger partial charge in [-0.1, -0.05) is 0 Å². The van der Waals surface area contributed by atoms with E-state index in [1.165, 1.54) is 13.2 Å². The number of nitrogens with two attached hydrogens (primary N) is 1. The molecule has 17 heavy (non-hydrogen) atoms.